The molecule has 0 aromatic heterocycles. The summed E-state index contributed by atoms with van der Waals surface area (Å²) in [6.45, 7) is 8.02. The summed E-state index contributed by atoms with van der Waals surface area (Å²) in [5.74, 6) is -0.444. The average molecular weight is 327 g/mol. The Hall–Kier alpha value is -2.99. The minimum Gasteiger partial charge on any atom is -0.347 e. The van der Waals surface area contributed by atoms with Crippen molar-refractivity contribution < 1.29 is 9.31 Å². The molecular formula is C18H18FN3O2. The molecule has 0 fully saturated rings. The number of anilines is 1. The van der Waals surface area contributed by atoms with Crippen molar-refractivity contribution in [1.29, 1.82) is 0 Å². The summed E-state index contributed by atoms with van der Waals surface area (Å²) in [7, 11) is 1.74. The molecule has 0 unspecified atom stereocenters. The van der Waals surface area contributed by atoms with E-state index in [1.807, 2.05) is 0 Å². The summed E-state index contributed by atoms with van der Waals surface area (Å²) < 4.78 is 14.1. The van der Waals surface area contributed by atoms with Gasteiger partial charge in [-0.15, -0.1) is 0 Å². The first-order valence-corrected chi connectivity index (χ1v) is 7.21. The van der Waals surface area contributed by atoms with E-state index in [9.17, 15) is 14.5 Å². The summed E-state index contributed by atoms with van der Waals surface area (Å²) in [5, 5.41) is 11.1. The molecule has 6 heteroatoms. The van der Waals surface area contributed by atoms with E-state index in [1.165, 1.54) is 18.2 Å². The highest BCUT2D eigenvalue weighted by molar-refractivity contribution is 5.87. The molecule has 0 bridgehead atoms. The highest BCUT2D eigenvalue weighted by atomic mass is 19.1. The van der Waals surface area contributed by atoms with Gasteiger partial charge in [-0.3, -0.25) is 10.1 Å². The smallest absolute Gasteiger partial charge is 0.270 e. The van der Waals surface area contributed by atoms with Crippen LogP contribution in [0.15, 0.2) is 61.3 Å². The molecule has 5 nitrogen and oxygen atoms in total. The molecule has 0 aliphatic carbocycles. The number of nitrogens with two attached hydrogens (primary N) is 1. The molecule has 0 saturated heterocycles. The molecule has 0 spiro atoms. The Bertz CT molecular complexity index is 818. The van der Waals surface area contributed by atoms with E-state index in [2.05, 4.69) is 13.2 Å². The number of non-ortho nitro benzene ring substituents is 1. The zero-order valence-corrected chi connectivity index (χ0v) is 13.3. The highest BCUT2D eigenvalue weighted by Crippen LogP contribution is 2.35. The Labute approximate surface area is 139 Å². The second-order valence-electron chi connectivity index (χ2n) is 5.25. The van der Waals surface area contributed by atoms with Crippen molar-refractivity contribution in [2.75, 3.05) is 18.5 Å². The topological polar surface area (TPSA) is 72.4 Å². The van der Waals surface area contributed by atoms with Gasteiger partial charge in [0.05, 0.1) is 4.92 Å². The fraction of sp³-hybridized carbons (Fsp3) is 0.111. The van der Waals surface area contributed by atoms with E-state index in [0.717, 1.165) is 0 Å². The molecule has 0 radical (unpaired) electrons. The number of nitro groups is 1. The van der Waals surface area contributed by atoms with Crippen LogP contribution in [0.5, 0.6) is 0 Å². The van der Waals surface area contributed by atoms with Gasteiger partial charge in [0.25, 0.3) is 5.69 Å². The van der Waals surface area contributed by atoms with Gasteiger partial charge in [-0.1, -0.05) is 31.4 Å². The van der Waals surface area contributed by atoms with Crippen LogP contribution in [0, 0.1) is 15.9 Å². The molecule has 0 heterocycles. The van der Waals surface area contributed by atoms with Crippen molar-refractivity contribution in [3.63, 3.8) is 0 Å². The molecule has 0 amide bonds. The quantitative estimate of drug-likeness (QED) is 0.648. The molecule has 0 aliphatic rings. The zero-order chi connectivity index (χ0) is 17.9. The van der Waals surface area contributed by atoms with E-state index >= 15 is 0 Å². The lowest BCUT2D eigenvalue weighted by atomic mass is 9.96. The predicted molar refractivity (Wildman–Crippen MR) is 94.2 cm³/mol. The molecule has 2 aromatic rings. The van der Waals surface area contributed by atoms with Gasteiger partial charge in [0, 0.05) is 48.2 Å². The molecule has 2 N–H and O–H groups in total. The van der Waals surface area contributed by atoms with Crippen molar-refractivity contribution in [2.24, 2.45) is 5.73 Å². The lowest BCUT2D eigenvalue weighted by molar-refractivity contribution is -0.384. The van der Waals surface area contributed by atoms with Crippen LogP contribution in [0.25, 0.3) is 5.57 Å². The fourth-order valence-electron chi connectivity index (χ4n) is 2.33. The first-order chi connectivity index (χ1) is 11.4. The molecule has 2 rings (SSSR count). The van der Waals surface area contributed by atoms with E-state index in [4.69, 9.17) is 5.73 Å². The molecule has 0 atom stereocenters. The lowest BCUT2D eigenvalue weighted by Crippen LogP contribution is -2.23. The Morgan fingerprint density at radius 1 is 1.25 bits per heavy atom. The van der Waals surface area contributed by atoms with Gasteiger partial charge in [-0.25, -0.2) is 4.39 Å². The van der Waals surface area contributed by atoms with Crippen LogP contribution < -0.4 is 10.6 Å². The summed E-state index contributed by atoms with van der Waals surface area (Å²) >= 11 is 0. The third kappa shape index (κ3) is 3.33. The second kappa shape index (κ2) is 7.06. The van der Waals surface area contributed by atoms with E-state index < -0.39 is 10.7 Å². The summed E-state index contributed by atoms with van der Waals surface area (Å²) in [5.41, 5.74) is 7.84. The monoisotopic (exact) mass is 327 g/mol. The van der Waals surface area contributed by atoms with Crippen LogP contribution in [-0.4, -0.2) is 18.5 Å². The van der Waals surface area contributed by atoms with E-state index in [-0.39, 0.29) is 17.8 Å². The van der Waals surface area contributed by atoms with Crippen molar-refractivity contribution in [3.05, 3.63) is 88.4 Å². The maximum Gasteiger partial charge on any atom is 0.270 e. The van der Waals surface area contributed by atoms with Crippen LogP contribution >= 0.6 is 0 Å². The SMILES string of the molecule is C=C(c1ccccc1F)c1cc([N+](=O)[O-])ccc1N(C)C(=C)CN. The molecule has 0 aliphatic heterocycles. The normalized spacial score (nSPS) is 10.3. The average Bonchev–Trinajstić information content (AvgIpc) is 2.59. The molecule has 124 valence electrons. The van der Waals surface area contributed by atoms with Crippen LogP contribution in [0.2, 0.25) is 0 Å². The number of nitrogens with zero attached hydrogens (tertiary/aromatic N) is 2. The fourth-order valence-corrected chi connectivity index (χ4v) is 2.33. The number of hydrogen-bond donors (Lipinski definition) is 1. The van der Waals surface area contributed by atoms with Gasteiger partial charge >= 0.3 is 0 Å². The minimum absolute atomic E-state index is 0.0991. The first kappa shape index (κ1) is 17.4. The highest BCUT2D eigenvalue weighted by Gasteiger charge is 2.19. The van der Waals surface area contributed by atoms with Crippen molar-refractivity contribution in [2.45, 2.75) is 0 Å². The molecule has 24 heavy (non-hydrogen) atoms. The predicted octanol–water partition coefficient (Wildman–Crippen LogP) is 3.70. The van der Waals surface area contributed by atoms with E-state index in [1.54, 1.807) is 36.2 Å². The third-order valence-electron chi connectivity index (χ3n) is 3.79. The number of halogens is 1. The van der Waals surface area contributed by atoms with Crippen LogP contribution in [0.4, 0.5) is 15.8 Å². The summed E-state index contributed by atoms with van der Waals surface area (Å²) in [4.78, 5) is 12.3. The Morgan fingerprint density at radius 3 is 2.50 bits per heavy atom. The number of hydrogen-bond acceptors (Lipinski definition) is 4. The largest absolute Gasteiger partial charge is 0.347 e. The minimum atomic E-state index is -0.500. The van der Waals surface area contributed by atoms with Gasteiger partial charge in [-0.2, -0.15) is 0 Å². The molecule has 0 saturated carbocycles. The summed E-state index contributed by atoms with van der Waals surface area (Å²) in [6, 6.07) is 10.5. The Kier molecular flexibility index (Phi) is 5.11. The second-order valence-corrected chi connectivity index (χ2v) is 5.25. The van der Waals surface area contributed by atoms with Crippen molar-refractivity contribution in [1.82, 2.24) is 0 Å². The van der Waals surface area contributed by atoms with Crippen LogP contribution in [-0.2, 0) is 0 Å². The van der Waals surface area contributed by atoms with Gasteiger partial charge in [0.15, 0.2) is 0 Å². The number of likely N-dealkylation sites (N-methyl/N-ethyl adjacent to an activating group) is 1. The van der Waals surface area contributed by atoms with Gasteiger partial charge in [0.2, 0.25) is 0 Å². The number of nitro benzene ring substituents is 1. The molecular weight excluding hydrogens is 309 g/mol. The Balaban J connectivity index is 2.62. The zero-order valence-electron chi connectivity index (χ0n) is 13.3. The maximum atomic E-state index is 14.1. The maximum absolute atomic E-state index is 14.1. The van der Waals surface area contributed by atoms with Crippen LogP contribution in [0.1, 0.15) is 11.1 Å². The van der Waals surface area contributed by atoms with Crippen molar-refractivity contribution >= 4 is 16.9 Å². The van der Waals surface area contributed by atoms with Gasteiger partial charge in [0.1, 0.15) is 5.82 Å². The van der Waals surface area contributed by atoms with Gasteiger partial charge < -0.3 is 10.6 Å². The van der Waals surface area contributed by atoms with E-state index in [0.29, 0.717) is 22.5 Å². The van der Waals surface area contributed by atoms with Crippen LogP contribution in [0.3, 0.4) is 0 Å². The van der Waals surface area contributed by atoms with Crippen molar-refractivity contribution in [3.8, 4) is 0 Å². The number of benzene rings is 2. The Morgan fingerprint density at radius 2 is 1.92 bits per heavy atom. The molecule has 2 aromatic carbocycles. The lowest BCUT2D eigenvalue weighted by Gasteiger charge is -2.24. The third-order valence-corrected chi connectivity index (χ3v) is 3.79. The van der Waals surface area contributed by atoms with Gasteiger partial charge in [-0.05, 0) is 17.7 Å². The standard InChI is InChI=1S/C18H18FN3O2/c1-12(11-20)21(3)18-9-8-14(22(23)24)10-16(18)13(2)15-6-4-5-7-17(15)19/h4-10H,1-2,11,20H2,3H3. The number of rotatable bonds is 6. The first-order valence-electron chi connectivity index (χ1n) is 7.21. The summed E-state index contributed by atoms with van der Waals surface area (Å²) in [6.07, 6.45) is 0.